The van der Waals surface area contributed by atoms with Gasteiger partial charge < -0.3 is 36.1 Å². The van der Waals surface area contributed by atoms with Gasteiger partial charge in [-0.05, 0) is 131 Å². The Morgan fingerprint density at radius 2 is 0.745 bits per heavy atom. The lowest BCUT2D eigenvalue weighted by Gasteiger charge is -2.30. The van der Waals surface area contributed by atoms with Gasteiger partial charge in [-0.1, -0.05) is 48.0 Å². The molecule has 5 saturated heterocycles. The lowest BCUT2D eigenvalue weighted by Crippen LogP contribution is -2.43. The Hall–Kier alpha value is -7.46. The number of benzene rings is 5. The van der Waals surface area contributed by atoms with Crippen LogP contribution in [0, 0.1) is 41.2 Å². The van der Waals surface area contributed by atoms with E-state index in [1.54, 1.807) is 67.8 Å². The second-order valence-corrected chi connectivity index (χ2v) is 36.2. The molecule has 27 nitrogen and oxygen atoms in total. The Kier molecular flexibility index (Phi) is 32.2. The number of halogens is 6. The number of amides is 5. The van der Waals surface area contributed by atoms with Crippen LogP contribution < -0.4 is 36.1 Å². The molecule has 5 heterocycles. The zero-order valence-electron chi connectivity index (χ0n) is 59.5. The van der Waals surface area contributed by atoms with E-state index >= 15 is 0 Å². The minimum Gasteiger partial charge on any atom is -0.497 e. The molecule has 0 bridgehead atoms. The van der Waals surface area contributed by atoms with E-state index < -0.39 is 97.1 Å². The third kappa shape index (κ3) is 28.0. The van der Waals surface area contributed by atoms with E-state index in [1.807, 2.05) is 12.1 Å². The van der Waals surface area contributed by atoms with Crippen LogP contribution in [-0.2, 0) is 80.3 Å². The summed E-state index contributed by atoms with van der Waals surface area (Å²) in [5.41, 5.74) is 0.879. The fourth-order valence-corrected chi connectivity index (χ4v) is 16.6. The standard InChI is InChI=1S/C14H17F3N2O3S.2C14H20N2O4S.C13H17ClN2O3S.C13H16F2N2O3S/c1-23(21,22)19-7-3-4-10(9-19)13(20)18-12-6-2-5-11(8-12)14(15,16)17;1-20-13-7-3-6-12(9-13)15-14(17)11-5-4-8-16(10-11)21(2,18)19;1-20-13-8-4-3-7-12(13)15-14(17)11-6-5-9-16(10-11)21(2,18)19;1-20(18,19)16-8-4-5-10(9-16)13(17)15-12-7-3-2-6-11(12)14;1-21(19,20)17-6-2-3-9(8-17)13(18)16-12-5-4-10(14)7-11(12)15/h2,5-6,8,10H,3-4,7,9H2,1H3,(H,18,20);3,6-7,9,11H,4-5,8,10H2,1-2H3,(H,15,17);3-4,7-8,11H,5-6,9-10H2,1-2H3,(H,15,17);2-3,6-7,10H,4-5,8-9H2,1H3,(H,15,17);4-5,7,9H,2-3,6,8H2,1H3,(H,16,18)/t10-;2*11-;10-;9-/m00000/s1. The van der Waals surface area contributed by atoms with Crippen molar-refractivity contribution in [3.8, 4) is 11.5 Å². The molecule has 0 unspecified atom stereocenters. The molecule has 0 aromatic heterocycles. The third-order valence-electron chi connectivity index (χ3n) is 17.6. The molecule has 0 aliphatic carbocycles. The highest BCUT2D eigenvalue weighted by molar-refractivity contribution is 7.89. The van der Waals surface area contributed by atoms with Gasteiger partial charge in [0.2, 0.25) is 79.7 Å². The molecule has 0 saturated carbocycles. The number of hydrogen-bond acceptors (Lipinski definition) is 17. The van der Waals surface area contributed by atoms with E-state index in [2.05, 4.69) is 26.6 Å². The number of nitrogens with zero attached hydrogens (tertiary/aromatic N) is 5. The summed E-state index contributed by atoms with van der Waals surface area (Å²) >= 11 is 5.99. The van der Waals surface area contributed by atoms with Crippen molar-refractivity contribution in [1.82, 2.24) is 21.5 Å². The Labute approximate surface area is 621 Å². The highest BCUT2D eigenvalue weighted by Crippen LogP contribution is 2.33. The summed E-state index contributed by atoms with van der Waals surface area (Å²) in [7, 11) is -13.4. The van der Waals surface area contributed by atoms with Crippen LogP contribution in [0.4, 0.5) is 50.4 Å². The van der Waals surface area contributed by atoms with Gasteiger partial charge in [-0.2, -0.15) is 13.2 Å². The quantitative estimate of drug-likeness (QED) is 0.0545. The lowest BCUT2D eigenvalue weighted by atomic mass is 9.98. The minimum atomic E-state index is -4.49. The van der Waals surface area contributed by atoms with Gasteiger partial charge in [0.1, 0.15) is 23.1 Å². The van der Waals surface area contributed by atoms with Crippen molar-refractivity contribution in [2.75, 3.05) is 138 Å². The summed E-state index contributed by atoms with van der Waals surface area (Å²) in [6.45, 7) is 3.02. The van der Waals surface area contributed by atoms with Gasteiger partial charge in [0.15, 0.2) is 0 Å². The maximum Gasteiger partial charge on any atom is 0.416 e. The van der Waals surface area contributed by atoms with Crippen molar-refractivity contribution in [3.63, 3.8) is 0 Å². The minimum absolute atomic E-state index is 0.0429. The number of piperidine rings is 5. The molecule has 586 valence electrons. The Morgan fingerprint density at radius 1 is 0.406 bits per heavy atom. The SMILES string of the molecule is COc1cccc(NC(=O)[C@H]2CCCN(S(C)(=O)=O)C2)c1.COc1ccccc1NC(=O)[C@H]1CCCN(S(C)(=O)=O)C1.CS(=O)(=O)N1CCC[C@H](C(=O)Nc2ccc(F)cc2F)C1.CS(=O)(=O)N1CCC[C@H](C(=O)Nc2cccc(C(F)(F)F)c2)C1.CS(=O)(=O)N1CCC[C@H](C(=O)Nc2ccccc2Cl)C1. The van der Waals surface area contributed by atoms with E-state index in [1.165, 1.54) is 59.5 Å². The van der Waals surface area contributed by atoms with Gasteiger partial charge in [0.05, 0.1) is 103 Å². The molecule has 106 heavy (non-hydrogen) atoms. The Balaban J connectivity index is 0.000000208. The molecule has 5 atom stereocenters. The van der Waals surface area contributed by atoms with Crippen molar-refractivity contribution in [2.24, 2.45) is 29.6 Å². The number of hydrogen-bond donors (Lipinski definition) is 5. The van der Waals surface area contributed by atoms with E-state index in [-0.39, 0.29) is 79.6 Å². The van der Waals surface area contributed by atoms with Crippen LogP contribution >= 0.6 is 11.6 Å². The molecular formula is C68H90ClF5N10O17S5. The topological polar surface area (TPSA) is 351 Å². The molecule has 5 aliphatic heterocycles. The number of anilines is 5. The predicted octanol–water partition coefficient (Wildman–Crippen LogP) is 8.45. The average Bonchev–Trinajstić information content (AvgIpc) is 0.842. The monoisotopic (exact) mass is 1610 g/mol. The molecule has 10 rings (SSSR count). The molecule has 0 radical (unpaired) electrons. The van der Waals surface area contributed by atoms with Gasteiger partial charge in [0.25, 0.3) is 0 Å². The highest BCUT2D eigenvalue weighted by Gasteiger charge is 2.36. The number of para-hydroxylation sites is 3. The number of sulfonamides is 5. The fourth-order valence-electron chi connectivity index (χ4n) is 11.9. The first-order valence-corrected chi connectivity index (χ1v) is 43.1. The first-order chi connectivity index (χ1) is 49.5. The Morgan fingerprint density at radius 3 is 1.10 bits per heavy atom. The zero-order valence-corrected chi connectivity index (χ0v) is 64.3. The molecule has 5 fully saturated rings. The van der Waals surface area contributed by atoms with Crippen LogP contribution in [0.1, 0.15) is 69.8 Å². The average molecular weight is 1610 g/mol. The van der Waals surface area contributed by atoms with E-state index in [0.29, 0.717) is 137 Å². The van der Waals surface area contributed by atoms with Crippen molar-refractivity contribution in [1.29, 1.82) is 0 Å². The van der Waals surface area contributed by atoms with Crippen molar-refractivity contribution < 1.29 is 97.5 Å². The molecule has 5 N–H and O–H groups in total. The van der Waals surface area contributed by atoms with Crippen LogP contribution in [0.3, 0.4) is 0 Å². The molecule has 5 aromatic rings. The molecule has 5 amide bonds. The van der Waals surface area contributed by atoms with Crippen molar-refractivity contribution >= 4 is 120 Å². The number of methoxy groups -OCH3 is 2. The van der Waals surface area contributed by atoms with Gasteiger partial charge in [-0.15, -0.1) is 0 Å². The molecule has 38 heteroatoms. The summed E-state index contributed by atoms with van der Waals surface area (Å²) in [6, 6.07) is 28.4. The van der Waals surface area contributed by atoms with E-state index in [4.69, 9.17) is 21.1 Å². The molecule has 5 aliphatic rings. The van der Waals surface area contributed by atoms with Crippen molar-refractivity contribution in [3.05, 3.63) is 137 Å². The maximum absolute atomic E-state index is 13.5. The lowest BCUT2D eigenvalue weighted by molar-refractivity contribution is -0.137. The Bertz CT molecular complexity index is 4480. The second-order valence-electron chi connectivity index (χ2n) is 25.9. The van der Waals surface area contributed by atoms with Crippen LogP contribution in [0.15, 0.2) is 115 Å². The normalized spacial score (nSPS) is 20.2. The largest absolute Gasteiger partial charge is 0.497 e. The molecule has 5 aromatic carbocycles. The number of alkyl halides is 3. The number of rotatable bonds is 17. The third-order valence-corrected chi connectivity index (χ3v) is 24.3. The van der Waals surface area contributed by atoms with Crippen LogP contribution in [0.5, 0.6) is 11.5 Å². The first kappa shape index (κ1) is 87.5. The number of nitrogens with one attached hydrogen (secondary N) is 5. The highest BCUT2D eigenvalue weighted by atomic mass is 35.5. The van der Waals surface area contributed by atoms with Gasteiger partial charge in [0, 0.05) is 89.0 Å². The van der Waals surface area contributed by atoms with Crippen molar-refractivity contribution in [2.45, 2.75) is 70.4 Å². The smallest absolute Gasteiger partial charge is 0.416 e. The summed E-state index contributed by atoms with van der Waals surface area (Å²) in [4.78, 5) is 61.1. The van der Waals surface area contributed by atoms with Crippen LogP contribution in [0.2, 0.25) is 5.02 Å². The first-order valence-electron chi connectivity index (χ1n) is 33.5. The predicted molar refractivity (Wildman–Crippen MR) is 394 cm³/mol. The van der Waals surface area contributed by atoms with Crippen LogP contribution in [0.25, 0.3) is 0 Å². The maximum atomic E-state index is 13.5. The summed E-state index contributed by atoms with van der Waals surface area (Å²) in [5, 5.41) is 13.7. The van der Waals surface area contributed by atoms with Gasteiger partial charge >= 0.3 is 6.18 Å². The fraction of sp³-hybridized carbons (Fsp3) is 0.485. The summed E-state index contributed by atoms with van der Waals surface area (Å²) in [6.07, 6.45) is 7.46. The van der Waals surface area contributed by atoms with Gasteiger partial charge in [-0.25, -0.2) is 72.4 Å². The molecule has 0 spiro atoms. The zero-order chi connectivity index (χ0) is 78.5. The number of carbonyl (C=O) groups is 5. The molecular weight excluding hydrogens is 1520 g/mol. The number of ether oxygens (including phenoxy) is 2. The summed E-state index contributed by atoms with van der Waals surface area (Å²) < 4.78 is 197. The second kappa shape index (κ2) is 39.1. The van der Waals surface area contributed by atoms with Crippen LogP contribution in [-0.4, -0.2) is 204 Å². The number of carbonyl (C=O) groups excluding carboxylic acids is 5. The van der Waals surface area contributed by atoms with Gasteiger partial charge in [-0.3, -0.25) is 24.0 Å². The summed E-state index contributed by atoms with van der Waals surface area (Å²) in [5.74, 6) is -3.91. The van der Waals surface area contributed by atoms with E-state index in [0.717, 1.165) is 36.8 Å². The van der Waals surface area contributed by atoms with E-state index in [9.17, 15) is 88.0 Å².